The lowest BCUT2D eigenvalue weighted by molar-refractivity contribution is -0.126. The second kappa shape index (κ2) is 4.53. The molecule has 0 unspecified atom stereocenters. The maximum Gasteiger partial charge on any atom is 0.223 e. The van der Waals surface area contributed by atoms with Gasteiger partial charge in [0.15, 0.2) is 0 Å². The van der Waals surface area contributed by atoms with Crippen LogP contribution < -0.4 is 5.32 Å². The van der Waals surface area contributed by atoms with Gasteiger partial charge in [-0.3, -0.25) is 4.79 Å². The van der Waals surface area contributed by atoms with E-state index in [0.29, 0.717) is 0 Å². The summed E-state index contributed by atoms with van der Waals surface area (Å²) in [5.74, 6) is 0.414. The molecular weight excluding hydrogens is 220 g/mol. The molecule has 1 aromatic rings. The second-order valence-corrected chi connectivity index (χ2v) is 5.83. The van der Waals surface area contributed by atoms with Crippen molar-refractivity contribution in [2.24, 2.45) is 5.92 Å². The largest absolute Gasteiger partial charge is 0.344 e. The van der Waals surface area contributed by atoms with Crippen molar-refractivity contribution in [3.05, 3.63) is 16.6 Å². The summed E-state index contributed by atoms with van der Waals surface area (Å²) < 4.78 is 0. The van der Waals surface area contributed by atoms with E-state index in [4.69, 9.17) is 0 Å². The van der Waals surface area contributed by atoms with Crippen LogP contribution in [-0.2, 0) is 10.3 Å². The van der Waals surface area contributed by atoms with Gasteiger partial charge < -0.3 is 5.32 Å². The first-order valence-electron chi connectivity index (χ1n) is 5.81. The fraction of sp³-hybridized carbons (Fsp3) is 0.667. The molecule has 0 aliphatic heterocycles. The Hall–Kier alpha value is -0.900. The molecule has 0 aromatic carbocycles. The van der Waals surface area contributed by atoms with Crippen LogP contribution in [0, 0.1) is 5.92 Å². The maximum absolute atomic E-state index is 12.0. The molecule has 2 rings (SSSR count). The van der Waals surface area contributed by atoms with Crippen LogP contribution >= 0.6 is 11.3 Å². The van der Waals surface area contributed by atoms with E-state index in [1.165, 1.54) is 12.8 Å². The minimum absolute atomic E-state index is 0.192. The summed E-state index contributed by atoms with van der Waals surface area (Å²) in [7, 11) is 0. The molecule has 1 fully saturated rings. The average molecular weight is 238 g/mol. The summed E-state index contributed by atoms with van der Waals surface area (Å²) in [5.41, 5.74) is -0.339. The first-order valence-corrected chi connectivity index (χ1v) is 6.69. The van der Waals surface area contributed by atoms with E-state index in [9.17, 15) is 4.79 Å². The molecule has 0 spiro atoms. The van der Waals surface area contributed by atoms with Crippen molar-refractivity contribution < 1.29 is 4.79 Å². The molecule has 1 saturated carbocycles. The molecule has 0 bridgehead atoms. The van der Waals surface area contributed by atoms with Crippen molar-refractivity contribution >= 4 is 17.2 Å². The van der Waals surface area contributed by atoms with Crippen molar-refractivity contribution in [1.29, 1.82) is 0 Å². The van der Waals surface area contributed by atoms with Crippen molar-refractivity contribution in [3.8, 4) is 0 Å². The van der Waals surface area contributed by atoms with Gasteiger partial charge >= 0.3 is 0 Å². The van der Waals surface area contributed by atoms with E-state index in [1.807, 2.05) is 19.2 Å². The average Bonchev–Trinajstić information content (AvgIpc) is 2.91. The highest BCUT2D eigenvalue weighted by atomic mass is 32.1. The first-order chi connectivity index (χ1) is 7.59. The lowest BCUT2D eigenvalue weighted by Crippen LogP contribution is -2.43. The molecule has 16 heavy (non-hydrogen) atoms. The number of carbonyl (C=O) groups excluding carboxylic acids is 1. The number of nitrogens with one attached hydrogen (secondary N) is 1. The molecule has 0 saturated heterocycles. The summed E-state index contributed by atoms with van der Waals surface area (Å²) in [6.45, 7) is 4.03. The molecule has 4 heteroatoms. The molecule has 0 atom stereocenters. The van der Waals surface area contributed by atoms with Gasteiger partial charge in [0.05, 0.1) is 5.54 Å². The number of hydrogen-bond acceptors (Lipinski definition) is 3. The topological polar surface area (TPSA) is 42.0 Å². The summed E-state index contributed by atoms with van der Waals surface area (Å²) >= 11 is 1.59. The molecule has 1 aliphatic rings. The molecular formula is C12H18N2OS. The standard InChI is InChI=1S/C12H18N2OS/c1-12(2,11-13-7-8-16-11)14-10(15)9-5-3-4-6-9/h7-9H,3-6H2,1-2H3,(H,14,15). The number of carbonyl (C=O) groups is 1. The minimum atomic E-state index is -0.339. The van der Waals surface area contributed by atoms with Crippen LogP contribution in [0.2, 0.25) is 0 Å². The van der Waals surface area contributed by atoms with Gasteiger partial charge in [0.25, 0.3) is 0 Å². The predicted octanol–water partition coefficient (Wildman–Crippen LogP) is 2.68. The van der Waals surface area contributed by atoms with Crippen LogP contribution in [0.4, 0.5) is 0 Å². The second-order valence-electron chi connectivity index (χ2n) is 4.93. The van der Waals surface area contributed by atoms with Gasteiger partial charge in [-0.1, -0.05) is 12.8 Å². The van der Waals surface area contributed by atoms with Gasteiger partial charge in [-0.2, -0.15) is 0 Å². The highest BCUT2D eigenvalue weighted by Crippen LogP contribution is 2.27. The predicted molar refractivity (Wildman–Crippen MR) is 65.2 cm³/mol. The van der Waals surface area contributed by atoms with Crippen LogP contribution in [0.15, 0.2) is 11.6 Å². The van der Waals surface area contributed by atoms with Crippen LogP contribution in [0.5, 0.6) is 0 Å². The SMILES string of the molecule is CC(C)(NC(=O)C1CCCC1)c1nccs1. The van der Waals surface area contributed by atoms with Crippen LogP contribution in [0.25, 0.3) is 0 Å². The van der Waals surface area contributed by atoms with Gasteiger partial charge in [0.1, 0.15) is 5.01 Å². The monoisotopic (exact) mass is 238 g/mol. The molecule has 3 nitrogen and oxygen atoms in total. The summed E-state index contributed by atoms with van der Waals surface area (Å²) in [4.78, 5) is 16.3. The third-order valence-electron chi connectivity index (χ3n) is 3.13. The van der Waals surface area contributed by atoms with Gasteiger partial charge in [-0.25, -0.2) is 4.98 Å². The Kier molecular flexibility index (Phi) is 3.28. The lowest BCUT2D eigenvalue weighted by Gasteiger charge is -2.25. The highest BCUT2D eigenvalue weighted by molar-refractivity contribution is 7.09. The maximum atomic E-state index is 12.0. The van der Waals surface area contributed by atoms with E-state index >= 15 is 0 Å². The Labute approximate surface area is 100 Å². The number of amides is 1. The van der Waals surface area contributed by atoms with Crippen LogP contribution in [0.1, 0.15) is 44.5 Å². The molecule has 88 valence electrons. The van der Waals surface area contributed by atoms with Crippen molar-refractivity contribution in [3.63, 3.8) is 0 Å². The molecule has 1 heterocycles. The van der Waals surface area contributed by atoms with E-state index in [1.54, 1.807) is 17.5 Å². The smallest absolute Gasteiger partial charge is 0.223 e. The van der Waals surface area contributed by atoms with Crippen molar-refractivity contribution in [2.75, 3.05) is 0 Å². The zero-order chi connectivity index (χ0) is 11.6. The van der Waals surface area contributed by atoms with E-state index in [0.717, 1.165) is 17.8 Å². The van der Waals surface area contributed by atoms with Crippen molar-refractivity contribution in [1.82, 2.24) is 10.3 Å². The van der Waals surface area contributed by atoms with E-state index in [-0.39, 0.29) is 17.4 Å². The highest BCUT2D eigenvalue weighted by Gasteiger charge is 2.30. The number of hydrogen-bond donors (Lipinski definition) is 1. The normalized spacial score (nSPS) is 17.6. The zero-order valence-electron chi connectivity index (χ0n) is 9.82. The molecule has 1 aliphatic carbocycles. The Morgan fingerprint density at radius 1 is 1.50 bits per heavy atom. The Morgan fingerprint density at radius 2 is 2.19 bits per heavy atom. The van der Waals surface area contributed by atoms with E-state index < -0.39 is 0 Å². The van der Waals surface area contributed by atoms with Crippen LogP contribution in [0.3, 0.4) is 0 Å². The number of thiazole rings is 1. The molecule has 1 N–H and O–H groups in total. The molecule has 0 radical (unpaired) electrons. The summed E-state index contributed by atoms with van der Waals surface area (Å²) in [5, 5.41) is 6.02. The van der Waals surface area contributed by atoms with Crippen LogP contribution in [-0.4, -0.2) is 10.9 Å². The third kappa shape index (κ3) is 2.43. The Morgan fingerprint density at radius 3 is 2.75 bits per heavy atom. The zero-order valence-corrected chi connectivity index (χ0v) is 10.6. The van der Waals surface area contributed by atoms with E-state index in [2.05, 4.69) is 10.3 Å². The third-order valence-corrected chi connectivity index (χ3v) is 4.23. The summed E-state index contributed by atoms with van der Waals surface area (Å²) in [6, 6.07) is 0. The summed E-state index contributed by atoms with van der Waals surface area (Å²) in [6.07, 6.45) is 6.24. The fourth-order valence-electron chi connectivity index (χ4n) is 2.18. The number of rotatable bonds is 3. The first kappa shape index (κ1) is 11.6. The minimum Gasteiger partial charge on any atom is -0.344 e. The Bertz CT molecular complexity index is 353. The molecule has 1 aromatic heterocycles. The van der Waals surface area contributed by atoms with Crippen molar-refractivity contribution in [2.45, 2.75) is 45.1 Å². The lowest BCUT2D eigenvalue weighted by atomic mass is 10.0. The van der Waals surface area contributed by atoms with Gasteiger partial charge in [0.2, 0.25) is 5.91 Å². The molecule has 1 amide bonds. The Balaban J connectivity index is 2.00. The van der Waals surface area contributed by atoms with Gasteiger partial charge in [-0.05, 0) is 26.7 Å². The quantitative estimate of drug-likeness (QED) is 0.879. The number of nitrogens with zero attached hydrogens (tertiary/aromatic N) is 1. The number of aromatic nitrogens is 1. The van der Waals surface area contributed by atoms with Gasteiger partial charge in [-0.15, -0.1) is 11.3 Å². The van der Waals surface area contributed by atoms with Gasteiger partial charge in [0, 0.05) is 17.5 Å². The fourth-order valence-corrected chi connectivity index (χ4v) is 2.90.